The average molecular weight is 231 g/mol. The van der Waals surface area contributed by atoms with Crippen LogP contribution in [-0.4, -0.2) is 19.6 Å². The number of rotatable bonds is 3. The van der Waals surface area contributed by atoms with Crippen LogP contribution in [0.1, 0.15) is 13.8 Å². The summed E-state index contributed by atoms with van der Waals surface area (Å²) in [6.45, 7) is 3.60. The fourth-order valence-electron chi connectivity index (χ4n) is 1.03. The maximum absolute atomic E-state index is 10.9. The van der Waals surface area contributed by atoms with Crippen molar-refractivity contribution in [2.75, 3.05) is 0 Å². The number of primary sulfonamides is 1. The topological polar surface area (TPSA) is 89.6 Å². The third-order valence-corrected chi connectivity index (χ3v) is 2.53. The van der Waals surface area contributed by atoms with Gasteiger partial charge in [-0.3, -0.25) is 0 Å². The summed E-state index contributed by atoms with van der Waals surface area (Å²) in [5, 5.41) is 14.4. The second kappa shape index (κ2) is 4.08. The van der Waals surface area contributed by atoms with Crippen LogP contribution in [0.4, 0.5) is 0 Å². The Morgan fingerprint density at radius 1 is 1.40 bits per heavy atom. The van der Waals surface area contributed by atoms with E-state index < -0.39 is 10.0 Å². The lowest BCUT2D eigenvalue weighted by molar-refractivity contribution is 0.231. The molecular formula is C9H13NO4S. The lowest BCUT2D eigenvalue weighted by atomic mass is 10.3. The molecule has 0 amide bonds. The van der Waals surface area contributed by atoms with Crippen LogP contribution in [0.3, 0.4) is 0 Å². The van der Waals surface area contributed by atoms with Crippen molar-refractivity contribution in [3.63, 3.8) is 0 Å². The van der Waals surface area contributed by atoms with Gasteiger partial charge in [0.2, 0.25) is 10.0 Å². The molecule has 1 rings (SSSR count). The number of sulfonamides is 1. The van der Waals surface area contributed by atoms with E-state index in [0.717, 1.165) is 6.07 Å². The second-order valence-electron chi connectivity index (χ2n) is 3.34. The second-order valence-corrected chi connectivity index (χ2v) is 4.90. The maximum Gasteiger partial charge on any atom is 0.238 e. The summed E-state index contributed by atoms with van der Waals surface area (Å²) in [4.78, 5) is -0.142. The van der Waals surface area contributed by atoms with E-state index >= 15 is 0 Å². The van der Waals surface area contributed by atoms with Crippen molar-refractivity contribution in [1.29, 1.82) is 0 Å². The van der Waals surface area contributed by atoms with Crippen molar-refractivity contribution < 1.29 is 18.3 Å². The van der Waals surface area contributed by atoms with Gasteiger partial charge in [0.15, 0.2) is 11.5 Å². The van der Waals surface area contributed by atoms with Gasteiger partial charge in [0.1, 0.15) is 0 Å². The van der Waals surface area contributed by atoms with Crippen LogP contribution in [0, 0.1) is 0 Å². The van der Waals surface area contributed by atoms with Gasteiger partial charge < -0.3 is 9.84 Å². The number of ether oxygens (including phenoxy) is 1. The van der Waals surface area contributed by atoms with Gasteiger partial charge in [-0.15, -0.1) is 0 Å². The molecule has 0 aliphatic heterocycles. The highest BCUT2D eigenvalue weighted by Gasteiger charge is 2.12. The Kier molecular flexibility index (Phi) is 3.21. The van der Waals surface area contributed by atoms with Crippen LogP contribution in [0.15, 0.2) is 23.1 Å². The minimum atomic E-state index is -3.79. The molecule has 0 aromatic heterocycles. The summed E-state index contributed by atoms with van der Waals surface area (Å²) >= 11 is 0. The standard InChI is InChI=1S/C9H13NO4S/c1-6(2)14-9-4-3-7(5-8(9)11)15(10,12)13/h3-6,11H,1-2H3,(H2,10,12,13). The van der Waals surface area contributed by atoms with Crippen molar-refractivity contribution in [1.82, 2.24) is 0 Å². The normalized spacial score (nSPS) is 11.7. The predicted octanol–water partition coefficient (Wildman–Crippen LogP) is 0.827. The Hall–Kier alpha value is -1.27. The minimum absolute atomic E-state index is 0.101. The summed E-state index contributed by atoms with van der Waals surface area (Å²) in [7, 11) is -3.79. The number of nitrogens with two attached hydrogens (primary N) is 1. The summed E-state index contributed by atoms with van der Waals surface area (Å²) in [5.41, 5.74) is 0. The van der Waals surface area contributed by atoms with Crippen LogP contribution in [0.5, 0.6) is 11.5 Å². The van der Waals surface area contributed by atoms with Crippen LogP contribution in [0.25, 0.3) is 0 Å². The summed E-state index contributed by atoms with van der Waals surface area (Å²) in [6.07, 6.45) is -0.101. The van der Waals surface area contributed by atoms with Crippen molar-refractivity contribution in [2.45, 2.75) is 24.8 Å². The molecule has 0 unspecified atom stereocenters. The van der Waals surface area contributed by atoms with Crippen LogP contribution < -0.4 is 9.88 Å². The van der Waals surface area contributed by atoms with E-state index in [1.54, 1.807) is 13.8 Å². The van der Waals surface area contributed by atoms with Crippen LogP contribution in [-0.2, 0) is 10.0 Å². The first kappa shape index (κ1) is 11.8. The summed E-state index contributed by atoms with van der Waals surface area (Å²) < 4.78 is 27.1. The quantitative estimate of drug-likeness (QED) is 0.806. The highest BCUT2D eigenvalue weighted by atomic mass is 32.2. The highest BCUT2D eigenvalue weighted by Crippen LogP contribution is 2.28. The van der Waals surface area contributed by atoms with Crippen molar-refractivity contribution in [3.8, 4) is 11.5 Å². The molecule has 0 heterocycles. The molecular weight excluding hydrogens is 218 g/mol. The van der Waals surface area contributed by atoms with Crippen molar-refractivity contribution in [2.24, 2.45) is 5.14 Å². The molecule has 0 saturated carbocycles. The molecule has 5 nitrogen and oxygen atoms in total. The first-order chi connectivity index (χ1) is 6.80. The fourth-order valence-corrected chi connectivity index (χ4v) is 1.56. The number of hydrogen-bond donors (Lipinski definition) is 2. The fraction of sp³-hybridized carbons (Fsp3) is 0.333. The molecule has 6 heteroatoms. The zero-order valence-corrected chi connectivity index (χ0v) is 9.28. The van der Waals surface area contributed by atoms with Gasteiger partial charge in [0, 0.05) is 6.07 Å². The maximum atomic E-state index is 10.9. The van der Waals surface area contributed by atoms with Crippen molar-refractivity contribution in [3.05, 3.63) is 18.2 Å². The zero-order valence-electron chi connectivity index (χ0n) is 8.47. The van der Waals surface area contributed by atoms with Gasteiger partial charge in [-0.25, -0.2) is 13.6 Å². The van der Waals surface area contributed by atoms with Gasteiger partial charge in [-0.2, -0.15) is 0 Å². The highest BCUT2D eigenvalue weighted by molar-refractivity contribution is 7.89. The molecule has 1 aromatic carbocycles. The average Bonchev–Trinajstić information content (AvgIpc) is 2.05. The molecule has 3 N–H and O–H groups in total. The van der Waals surface area contributed by atoms with E-state index in [-0.39, 0.29) is 22.5 Å². The van der Waals surface area contributed by atoms with Gasteiger partial charge in [-0.1, -0.05) is 0 Å². The molecule has 0 radical (unpaired) electrons. The molecule has 0 aliphatic carbocycles. The molecule has 0 atom stereocenters. The summed E-state index contributed by atoms with van der Waals surface area (Å²) in [5.74, 6) is -0.00683. The number of aromatic hydroxyl groups is 1. The lowest BCUT2D eigenvalue weighted by Gasteiger charge is -2.11. The zero-order chi connectivity index (χ0) is 11.6. The Bertz CT molecular complexity index is 453. The Labute approximate surface area is 88.5 Å². The van der Waals surface area contributed by atoms with E-state index in [0.29, 0.717) is 0 Å². The predicted molar refractivity (Wildman–Crippen MR) is 55.2 cm³/mol. The SMILES string of the molecule is CC(C)Oc1ccc(S(N)(=O)=O)cc1O. The molecule has 84 valence electrons. The van der Waals surface area contributed by atoms with E-state index in [9.17, 15) is 13.5 Å². The summed E-state index contributed by atoms with van der Waals surface area (Å²) in [6, 6.07) is 3.72. The van der Waals surface area contributed by atoms with E-state index in [4.69, 9.17) is 9.88 Å². The van der Waals surface area contributed by atoms with E-state index in [2.05, 4.69) is 0 Å². The molecule has 1 aromatic rings. The number of phenols is 1. The first-order valence-electron chi connectivity index (χ1n) is 4.33. The van der Waals surface area contributed by atoms with Gasteiger partial charge in [0.25, 0.3) is 0 Å². The molecule has 0 aliphatic rings. The molecule has 0 bridgehead atoms. The van der Waals surface area contributed by atoms with E-state index in [1.807, 2.05) is 0 Å². The Balaban J connectivity index is 3.09. The van der Waals surface area contributed by atoms with E-state index in [1.165, 1.54) is 12.1 Å². The molecule has 0 spiro atoms. The molecule has 0 fully saturated rings. The van der Waals surface area contributed by atoms with Crippen LogP contribution >= 0.6 is 0 Å². The number of hydrogen-bond acceptors (Lipinski definition) is 4. The third-order valence-electron chi connectivity index (χ3n) is 1.62. The van der Waals surface area contributed by atoms with Gasteiger partial charge in [0.05, 0.1) is 11.0 Å². The monoisotopic (exact) mass is 231 g/mol. The largest absolute Gasteiger partial charge is 0.504 e. The lowest BCUT2D eigenvalue weighted by Crippen LogP contribution is -2.12. The van der Waals surface area contributed by atoms with Gasteiger partial charge in [-0.05, 0) is 26.0 Å². The Morgan fingerprint density at radius 3 is 2.40 bits per heavy atom. The minimum Gasteiger partial charge on any atom is -0.504 e. The third kappa shape index (κ3) is 3.10. The smallest absolute Gasteiger partial charge is 0.238 e. The number of phenolic OH excluding ortho intramolecular Hbond substituents is 1. The number of benzene rings is 1. The first-order valence-corrected chi connectivity index (χ1v) is 5.88. The molecule has 0 saturated heterocycles. The Morgan fingerprint density at radius 2 is 2.00 bits per heavy atom. The van der Waals surface area contributed by atoms with Crippen LogP contribution in [0.2, 0.25) is 0 Å². The van der Waals surface area contributed by atoms with Gasteiger partial charge >= 0.3 is 0 Å². The molecule has 15 heavy (non-hydrogen) atoms. The van der Waals surface area contributed by atoms with Crippen molar-refractivity contribution >= 4 is 10.0 Å².